The lowest BCUT2D eigenvalue weighted by Crippen LogP contribution is -2.58. The number of aromatic amines is 1. The molecule has 7 heteroatoms. The highest BCUT2D eigenvalue weighted by atomic mass is 16.5. The lowest BCUT2D eigenvalue weighted by molar-refractivity contribution is -0.134. The number of benzene rings is 1. The van der Waals surface area contributed by atoms with Gasteiger partial charge in [0.2, 0.25) is 0 Å². The minimum Gasteiger partial charge on any atom is -0.372 e. The number of rotatable bonds is 4. The number of carbonyl (C=O) groups excluding carboxylic acids is 1. The van der Waals surface area contributed by atoms with Crippen LogP contribution in [0.25, 0.3) is 0 Å². The Bertz CT molecular complexity index is 814. The van der Waals surface area contributed by atoms with E-state index in [9.17, 15) is 4.79 Å². The van der Waals surface area contributed by atoms with Crippen LogP contribution in [0.4, 0.5) is 4.79 Å². The predicted octanol–water partition coefficient (Wildman–Crippen LogP) is 2.86. The first kappa shape index (κ1) is 19.9. The van der Waals surface area contributed by atoms with Gasteiger partial charge in [0.25, 0.3) is 0 Å². The summed E-state index contributed by atoms with van der Waals surface area (Å²) in [5.41, 5.74) is 2.06. The van der Waals surface area contributed by atoms with E-state index in [-0.39, 0.29) is 17.7 Å². The SMILES string of the molecule is Cc1cnc(CN2CCOC3(CCN(C(=O)NC(C)c4ccccc4)CC3)C2)[nH]1. The summed E-state index contributed by atoms with van der Waals surface area (Å²) in [6.07, 6.45) is 3.61. The van der Waals surface area contributed by atoms with Crippen molar-refractivity contribution in [3.8, 4) is 0 Å². The Kier molecular flexibility index (Phi) is 5.87. The monoisotopic (exact) mass is 397 g/mol. The third-order valence-electron chi connectivity index (χ3n) is 6.06. The molecule has 0 aliphatic carbocycles. The van der Waals surface area contributed by atoms with E-state index >= 15 is 0 Å². The molecule has 2 fully saturated rings. The number of aromatic nitrogens is 2. The van der Waals surface area contributed by atoms with Gasteiger partial charge in [-0.1, -0.05) is 30.3 Å². The topological polar surface area (TPSA) is 73.5 Å². The number of piperidine rings is 1. The normalized spacial score (nSPS) is 20.6. The van der Waals surface area contributed by atoms with Gasteiger partial charge in [0.15, 0.2) is 0 Å². The molecule has 2 N–H and O–H groups in total. The number of morpholine rings is 1. The minimum absolute atomic E-state index is 0.00207. The third kappa shape index (κ3) is 4.79. The van der Waals surface area contributed by atoms with Crippen LogP contribution in [0.5, 0.6) is 0 Å². The number of nitrogens with one attached hydrogen (secondary N) is 2. The number of aryl methyl sites for hydroxylation is 1. The number of likely N-dealkylation sites (tertiary alicyclic amines) is 1. The van der Waals surface area contributed by atoms with Gasteiger partial charge in [-0.2, -0.15) is 0 Å². The molecular formula is C22H31N5O2. The number of ether oxygens (including phenoxy) is 1. The maximum atomic E-state index is 12.7. The number of H-pyrrole nitrogens is 1. The fourth-order valence-corrected chi connectivity index (χ4v) is 4.34. The van der Waals surface area contributed by atoms with Crippen molar-refractivity contribution >= 4 is 6.03 Å². The zero-order valence-electron chi connectivity index (χ0n) is 17.4. The standard InChI is InChI=1S/C22H31N5O2/c1-17-14-23-20(24-17)15-26-12-13-29-22(16-26)8-10-27(11-9-22)21(28)25-18(2)19-6-4-3-5-7-19/h3-7,14,18H,8-13,15-16H2,1-2H3,(H,23,24)(H,25,28). The molecule has 4 rings (SSSR count). The summed E-state index contributed by atoms with van der Waals surface area (Å²) < 4.78 is 6.23. The first-order chi connectivity index (χ1) is 14.0. The van der Waals surface area contributed by atoms with E-state index in [2.05, 4.69) is 20.2 Å². The van der Waals surface area contributed by atoms with Crippen LogP contribution in [-0.2, 0) is 11.3 Å². The Hall–Kier alpha value is -2.38. The van der Waals surface area contributed by atoms with Crippen molar-refractivity contribution in [3.63, 3.8) is 0 Å². The second-order valence-electron chi connectivity index (χ2n) is 8.32. The summed E-state index contributed by atoms with van der Waals surface area (Å²) in [7, 11) is 0. The molecule has 2 amide bonds. The molecule has 2 aliphatic rings. The van der Waals surface area contributed by atoms with Gasteiger partial charge in [0, 0.05) is 38.1 Å². The van der Waals surface area contributed by atoms with Gasteiger partial charge in [-0.25, -0.2) is 9.78 Å². The van der Waals surface area contributed by atoms with E-state index < -0.39 is 0 Å². The minimum atomic E-state index is -0.151. The van der Waals surface area contributed by atoms with Gasteiger partial charge in [-0.05, 0) is 32.3 Å². The molecular weight excluding hydrogens is 366 g/mol. The summed E-state index contributed by atoms with van der Waals surface area (Å²) in [5, 5.41) is 3.12. The third-order valence-corrected chi connectivity index (χ3v) is 6.06. The molecule has 7 nitrogen and oxygen atoms in total. The van der Waals surface area contributed by atoms with E-state index in [0.717, 1.165) is 69.3 Å². The van der Waals surface area contributed by atoms with E-state index in [1.807, 2.05) is 55.3 Å². The highest BCUT2D eigenvalue weighted by molar-refractivity contribution is 5.74. The average molecular weight is 398 g/mol. The maximum Gasteiger partial charge on any atom is 0.317 e. The van der Waals surface area contributed by atoms with E-state index in [1.54, 1.807) is 0 Å². The molecule has 2 saturated heterocycles. The van der Waals surface area contributed by atoms with E-state index in [0.29, 0.717) is 0 Å². The van der Waals surface area contributed by atoms with Crippen molar-refractivity contribution in [2.75, 3.05) is 32.8 Å². The molecule has 0 bridgehead atoms. The molecule has 2 aliphatic heterocycles. The maximum absolute atomic E-state index is 12.7. The van der Waals surface area contributed by atoms with Gasteiger partial charge in [-0.15, -0.1) is 0 Å². The number of imidazole rings is 1. The van der Waals surface area contributed by atoms with Crippen molar-refractivity contribution in [2.24, 2.45) is 0 Å². The summed E-state index contributed by atoms with van der Waals surface area (Å²) in [4.78, 5) is 24.8. The number of urea groups is 1. The summed E-state index contributed by atoms with van der Waals surface area (Å²) in [6.45, 7) is 8.85. The fraction of sp³-hybridized carbons (Fsp3) is 0.545. The van der Waals surface area contributed by atoms with Crippen LogP contribution < -0.4 is 5.32 Å². The first-order valence-electron chi connectivity index (χ1n) is 10.5. The Balaban J connectivity index is 1.29. The number of nitrogens with zero attached hydrogens (tertiary/aromatic N) is 3. The van der Waals surface area contributed by atoms with Crippen LogP contribution >= 0.6 is 0 Å². The van der Waals surface area contributed by atoms with Crippen LogP contribution in [0.3, 0.4) is 0 Å². The zero-order chi connectivity index (χ0) is 20.3. The highest BCUT2D eigenvalue weighted by Crippen LogP contribution is 2.31. The van der Waals surface area contributed by atoms with Crippen LogP contribution in [0.2, 0.25) is 0 Å². The number of carbonyl (C=O) groups is 1. The average Bonchev–Trinajstić information content (AvgIpc) is 3.13. The van der Waals surface area contributed by atoms with Crippen molar-refractivity contribution in [2.45, 2.75) is 44.9 Å². The largest absolute Gasteiger partial charge is 0.372 e. The Labute approximate surface area is 172 Å². The van der Waals surface area contributed by atoms with Crippen LogP contribution in [0.15, 0.2) is 36.5 Å². The second kappa shape index (κ2) is 8.55. The van der Waals surface area contributed by atoms with Gasteiger partial charge in [0.05, 0.1) is 24.8 Å². The number of amides is 2. The highest BCUT2D eigenvalue weighted by Gasteiger charge is 2.40. The predicted molar refractivity (Wildman–Crippen MR) is 111 cm³/mol. The van der Waals surface area contributed by atoms with Crippen molar-refractivity contribution < 1.29 is 9.53 Å². The molecule has 1 aromatic carbocycles. The molecule has 1 spiro atoms. The molecule has 1 atom stereocenters. The molecule has 156 valence electrons. The van der Waals surface area contributed by atoms with Gasteiger partial charge in [0.1, 0.15) is 5.82 Å². The summed E-state index contributed by atoms with van der Waals surface area (Å²) in [5.74, 6) is 1.01. The number of hydrogen-bond acceptors (Lipinski definition) is 4. The molecule has 2 aromatic rings. The first-order valence-corrected chi connectivity index (χ1v) is 10.5. The smallest absolute Gasteiger partial charge is 0.317 e. The molecule has 29 heavy (non-hydrogen) atoms. The molecule has 0 saturated carbocycles. The van der Waals surface area contributed by atoms with E-state index in [4.69, 9.17) is 4.74 Å². The van der Waals surface area contributed by atoms with Crippen LogP contribution in [0, 0.1) is 6.92 Å². The fourth-order valence-electron chi connectivity index (χ4n) is 4.34. The van der Waals surface area contributed by atoms with Crippen molar-refractivity contribution in [1.82, 2.24) is 25.1 Å². The lowest BCUT2D eigenvalue weighted by Gasteiger charge is -2.47. The molecule has 3 heterocycles. The molecule has 1 unspecified atom stereocenters. The lowest BCUT2D eigenvalue weighted by atomic mass is 9.89. The van der Waals surface area contributed by atoms with Crippen LogP contribution in [-0.4, -0.2) is 64.2 Å². The van der Waals surface area contributed by atoms with Gasteiger partial charge >= 0.3 is 6.03 Å². The summed E-state index contributed by atoms with van der Waals surface area (Å²) >= 11 is 0. The molecule has 0 radical (unpaired) electrons. The Morgan fingerprint density at radius 1 is 1.28 bits per heavy atom. The van der Waals surface area contributed by atoms with Gasteiger partial charge < -0.3 is 19.9 Å². The molecule has 1 aromatic heterocycles. The van der Waals surface area contributed by atoms with Crippen molar-refractivity contribution in [1.29, 1.82) is 0 Å². The van der Waals surface area contributed by atoms with E-state index in [1.165, 1.54) is 0 Å². The Morgan fingerprint density at radius 3 is 2.72 bits per heavy atom. The number of hydrogen-bond donors (Lipinski definition) is 2. The second-order valence-corrected chi connectivity index (χ2v) is 8.32. The zero-order valence-corrected chi connectivity index (χ0v) is 17.4. The quantitative estimate of drug-likeness (QED) is 0.832. The summed E-state index contributed by atoms with van der Waals surface area (Å²) in [6, 6.07) is 10.1. The van der Waals surface area contributed by atoms with Gasteiger partial charge in [-0.3, -0.25) is 4.90 Å². The van der Waals surface area contributed by atoms with Crippen molar-refractivity contribution in [3.05, 3.63) is 53.6 Å². The Morgan fingerprint density at radius 2 is 2.03 bits per heavy atom. The van der Waals surface area contributed by atoms with Crippen LogP contribution in [0.1, 0.15) is 42.9 Å².